The molecule has 1 saturated carbocycles. The first-order valence-electron chi connectivity index (χ1n) is 11.2. The highest BCUT2D eigenvalue weighted by molar-refractivity contribution is 6.05. The molecule has 31 heavy (non-hydrogen) atoms. The Bertz CT molecular complexity index is 909. The second-order valence-corrected chi connectivity index (χ2v) is 8.90. The SMILES string of the molecule is CN(C(=O)c1ccc(OC2CCCC2)cc1)c1ccc(N2CCC(N(C)C)C2)c(F)c1. The summed E-state index contributed by atoms with van der Waals surface area (Å²) in [4.78, 5) is 18.7. The fourth-order valence-electron chi connectivity index (χ4n) is 4.53. The number of carbonyl (C=O) groups excluding carboxylic acids is 1. The number of carbonyl (C=O) groups is 1. The lowest BCUT2D eigenvalue weighted by Crippen LogP contribution is -2.31. The molecule has 1 heterocycles. The number of ether oxygens (including phenoxy) is 1. The first-order chi connectivity index (χ1) is 14.9. The van der Waals surface area contributed by atoms with Crippen molar-refractivity contribution in [3.8, 4) is 5.75 Å². The molecule has 2 aromatic carbocycles. The van der Waals surface area contributed by atoms with Crippen LogP contribution in [-0.2, 0) is 0 Å². The van der Waals surface area contributed by atoms with E-state index in [-0.39, 0.29) is 17.8 Å². The predicted molar refractivity (Wildman–Crippen MR) is 123 cm³/mol. The van der Waals surface area contributed by atoms with Crippen molar-refractivity contribution in [2.75, 3.05) is 44.0 Å². The standard InChI is InChI=1S/C25H32FN3O2/c1-27(2)20-14-15-29(17-20)24-13-10-19(16-23(24)26)28(3)25(30)18-8-11-22(12-9-18)31-21-6-4-5-7-21/h8-13,16,20-21H,4-7,14-15,17H2,1-3H3. The molecule has 2 fully saturated rings. The van der Waals surface area contributed by atoms with Gasteiger partial charge >= 0.3 is 0 Å². The maximum atomic E-state index is 14.9. The van der Waals surface area contributed by atoms with Crippen LogP contribution in [0.2, 0.25) is 0 Å². The average molecular weight is 426 g/mol. The van der Waals surface area contributed by atoms with E-state index < -0.39 is 0 Å². The number of rotatable bonds is 6. The van der Waals surface area contributed by atoms with E-state index in [1.807, 2.05) is 18.2 Å². The first kappa shape index (κ1) is 21.6. The van der Waals surface area contributed by atoms with Crippen LogP contribution in [-0.4, -0.2) is 57.2 Å². The number of halogens is 1. The maximum Gasteiger partial charge on any atom is 0.258 e. The molecule has 0 bridgehead atoms. The van der Waals surface area contributed by atoms with Gasteiger partial charge in [-0.05, 0) is 88.7 Å². The Hall–Kier alpha value is -2.60. The van der Waals surface area contributed by atoms with Crippen LogP contribution in [0.5, 0.6) is 5.75 Å². The third-order valence-electron chi connectivity index (χ3n) is 6.56. The first-order valence-corrected chi connectivity index (χ1v) is 11.2. The van der Waals surface area contributed by atoms with Gasteiger partial charge in [-0.2, -0.15) is 0 Å². The Kier molecular flexibility index (Phi) is 6.46. The monoisotopic (exact) mass is 425 g/mol. The van der Waals surface area contributed by atoms with Gasteiger partial charge < -0.3 is 19.4 Å². The van der Waals surface area contributed by atoms with Crippen molar-refractivity contribution in [2.24, 2.45) is 0 Å². The molecule has 4 rings (SSSR count). The Morgan fingerprint density at radius 1 is 1.03 bits per heavy atom. The summed E-state index contributed by atoms with van der Waals surface area (Å²) in [5.74, 6) is 0.327. The highest BCUT2D eigenvalue weighted by atomic mass is 19.1. The molecule has 6 heteroatoms. The normalized spacial score (nSPS) is 19.3. The second-order valence-electron chi connectivity index (χ2n) is 8.90. The smallest absolute Gasteiger partial charge is 0.258 e. The van der Waals surface area contributed by atoms with Crippen LogP contribution in [0.15, 0.2) is 42.5 Å². The summed E-state index contributed by atoms with van der Waals surface area (Å²) < 4.78 is 20.9. The minimum atomic E-state index is -0.295. The number of amides is 1. The molecule has 0 spiro atoms. The Morgan fingerprint density at radius 3 is 2.35 bits per heavy atom. The fourth-order valence-corrected chi connectivity index (χ4v) is 4.53. The summed E-state index contributed by atoms with van der Waals surface area (Å²) in [6, 6.07) is 12.7. The molecule has 1 saturated heterocycles. The molecule has 0 N–H and O–H groups in total. The molecule has 1 amide bonds. The third-order valence-corrected chi connectivity index (χ3v) is 6.56. The summed E-state index contributed by atoms with van der Waals surface area (Å²) in [5, 5.41) is 0. The molecule has 2 aromatic rings. The molecular formula is C25H32FN3O2. The predicted octanol–water partition coefficient (Wildman–Crippen LogP) is 4.56. The van der Waals surface area contributed by atoms with Crippen molar-refractivity contribution in [3.05, 3.63) is 53.8 Å². The molecule has 2 aliphatic rings. The van der Waals surface area contributed by atoms with Gasteiger partial charge in [-0.3, -0.25) is 4.79 Å². The van der Waals surface area contributed by atoms with Crippen molar-refractivity contribution in [2.45, 2.75) is 44.2 Å². The molecule has 5 nitrogen and oxygen atoms in total. The maximum absolute atomic E-state index is 14.9. The van der Waals surface area contributed by atoms with E-state index in [9.17, 15) is 9.18 Å². The Morgan fingerprint density at radius 2 is 1.74 bits per heavy atom. The van der Waals surface area contributed by atoms with E-state index in [1.165, 1.54) is 23.8 Å². The summed E-state index contributed by atoms with van der Waals surface area (Å²) in [5.41, 5.74) is 1.70. The van der Waals surface area contributed by atoms with E-state index in [1.54, 1.807) is 25.2 Å². The lowest BCUT2D eigenvalue weighted by atomic mass is 10.1. The fraction of sp³-hybridized carbons (Fsp3) is 0.480. The molecule has 1 atom stereocenters. The van der Waals surface area contributed by atoms with Crippen LogP contribution >= 0.6 is 0 Å². The Balaban J connectivity index is 1.42. The van der Waals surface area contributed by atoms with Gasteiger partial charge in [0.15, 0.2) is 0 Å². The van der Waals surface area contributed by atoms with Gasteiger partial charge in [0, 0.05) is 37.4 Å². The molecule has 1 aliphatic heterocycles. The van der Waals surface area contributed by atoms with Crippen LogP contribution < -0.4 is 14.5 Å². The summed E-state index contributed by atoms with van der Waals surface area (Å²) >= 11 is 0. The average Bonchev–Trinajstić information content (AvgIpc) is 3.45. The topological polar surface area (TPSA) is 36.0 Å². The van der Waals surface area contributed by atoms with Gasteiger partial charge in [0.2, 0.25) is 0 Å². The number of hydrogen-bond donors (Lipinski definition) is 0. The van der Waals surface area contributed by atoms with Crippen molar-refractivity contribution >= 4 is 17.3 Å². The highest BCUT2D eigenvalue weighted by Crippen LogP contribution is 2.29. The number of likely N-dealkylation sites (N-methyl/N-ethyl adjacent to an activating group) is 1. The van der Waals surface area contributed by atoms with Crippen molar-refractivity contribution in [1.82, 2.24) is 4.90 Å². The highest BCUT2D eigenvalue weighted by Gasteiger charge is 2.26. The van der Waals surface area contributed by atoms with Gasteiger partial charge in [0.25, 0.3) is 5.91 Å². The minimum Gasteiger partial charge on any atom is -0.490 e. The number of hydrogen-bond acceptors (Lipinski definition) is 4. The van der Waals surface area contributed by atoms with Gasteiger partial charge in [0.05, 0.1) is 11.8 Å². The molecule has 1 aliphatic carbocycles. The second kappa shape index (κ2) is 9.27. The van der Waals surface area contributed by atoms with E-state index >= 15 is 0 Å². The number of benzene rings is 2. The van der Waals surface area contributed by atoms with E-state index in [4.69, 9.17) is 4.74 Å². The molecule has 166 valence electrons. The summed E-state index contributed by atoms with van der Waals surface area (Å²) in [6.45, 7) is 1.65. The summed E-state index contributed by atoms with van der Waals surface area (Å²) in [6.07, 6.45) is 5.93. The molecular weight excluding hydrogens is 393 g/mol. The zero-order valence-electron chi connectivity index (χ0n) is 18.7. The van der Waals surface area contributed by atoms with Gasteiger partial charge in [-0.25, -0.2) is 4.39 Å². The van der Waals surface area contributed by atoms with Crippen molar-refractivity contribution < 1.29 is 13.9 Å². The van der Waals surface area contributed by atoms with E-state index in [0.29, 0.717) is 23.0 Å². The molecule has 0 radical (unpaired) electrons. The largest absolute Gasteiger partial charge is 0.490 e. The van der Waals surface area contributed by atoms with Gasteiger partial charge in [0.1, 0.15) is 11.6 Å². The summed E-state index contributed by atoms with van der Waals surface area (Å²) in [7, 11) is 5.79. The Labute approximate surface area is 184 Å². The molecule has 1 unspecified atom stereocenters. The van der Waals surface area contributed by atoms with Gasteiger partial charge in [-0.1, -0.05) is 0 Å². The number of anilines is 2. The van der Waals surface area contributed by atoms with Crippen LogP contribution in [0.25, 0.3) is 0 Å². The van der Waals surface area contributed by atoms with Crippen LogP contribution in [0.4, 0.5) is 15.8 Å². The zero-order chi connectivity index (χ0) is 22.0. The quantitative estimate of drug-likeness (QED) is 0.680. The van der Waals surface area contributed by atoms with Crippen LogP contribution in [0.1, 0.15) is 42.5 Å². The number of nitrogens with zero attached hydrogens (tertiary/aromatic N) is 3. The zero-order valence-corrected chi connectivity index (χ0v) is 18.7. The van der Waals surface area contributed by atoms with Crippen LogP contribution in [0.3, 0.4) is 0 Å². The van der Waals surface area contributed by atoms with Crippen molar-refractivity contribution in [1.29, 1.82) is 0 Å². The van der Waals surface area contributed by atoms with E-state index in [2.05, 4.69) is 23.9 Å². The van der Waals surface area contributed by atoms with Crippen molar-refractivity contribution in [3.63, 3.8) is 0 Å². The third kappa shape index (κ3) is 4.85. The lowest BCUT2D eigenvalue weighted by Gasteiger charge is -2.24. The lowest BCUT2D eigenvalue weighted by molar-refractivity contribution is 0.0993. The van der Waals surface area contributed by atoms with Crippen LogP contribution in [0, 0.1) is 5.82 Å². The van der Waals surface area contributed by atoms with E-state index in [0.717, 1.165) is 38.1 Å². The molecule has 0 aromatic heterocycles. The van der Waals surface area contributed by atoms with Gasteiger partial charge in [-0.15, -0.1) is 0 Å². The minimum absolute atomic E-state index is 0.173.